The molecule has 1 amide bonds. The van der Waals surface area contributed by atoms with Crippen molar-refractivity contribution in [3.8, 4) is 6.07 Å². The summed E-state index contributed by atoms with van der Waals surface area (Å²) in [4.78, 5) is 12.6. The fourth-order valence-corrected chi connectivity index (χ4v) is 3.04. The molecule has 2 aromatic rings. The second kappa shape index (κ2) is 7.45. The highest BCUT2D eigenvalue weighted by atomic mass is 19.1. The van der Waals surface area contributed by atoms with Gasteiger partial charge in [0, 0.05) is 32.0 Å². The number of carbonyl (C=O) groups excluding carboxylic acids is 1. The predicted molar refractivity (Wildman–Crippen MR) is 87.6 cm³/mol. The number of ether oxygens (including phenoxy) is 1. The van der Waals surface area contributed by atoms with E-state index < -0.39 is 5.82 Å². The lowest BCUT2D eigenvalue weighted by atomic mass is 9.90. The van der Waals surface area contributed by atoms with E-state index >= 15 is 0 Å². The summed E-state index contributed by atoms with van der Waals surface area (Å²) < 4.78 is 21.1. The number of nitriles is 1. The van der Waals surface area contributed by atoms with Gasteiger partial charge in [0.1, 0.15) is 11.9 Å². The van der Waals surface area contributed by atoms with Gasteiger partial charge in [0.05, 0.1) is 23.8 Å². The number of carbonyl (C=O) groups is 1. The molecule has 3 rings (SSSR count). The summed E-state index contributed by atoms with van der Waals surface area (Å²) in [7, 11) is 1.82. The number of aryl methyl sites for hydroxylation is 1. The van der Waals surface area contributed by atoms with Crippen LogP contribution < -0.4 is 5.32 Å². The van der Waals surface area contributed by atoms with E-state index in [1.807, 2.05) is 13.2 Å². The van der Waals surface area contributed by atoms with E-state index in [2.05, 4.69) is 10.4 Å². The van der Waals surface area contributed by atoms with Crippen LogP contribution >= 0.6 is 0 Å². The molecule has 7 heteroatoms. The van der Waals surface area contributed by atoms with Crippen LogP contribution in [0, 0.1) is 23.1 Å². The number of halogens is 1. The van der Waals surface area contributed by atoms with Crippen LogP contribution in [-0.4, -0.2) is 22.3 Å². The predicted octanol–water partition coefficient (Wildman–Crippen LogP) is 2.21. The topological polar surface area (TPSA) is 79.9 Å². The first-order chi connectivity index (χ1) is 12.1. The van der Waals surface area contributed by atoms with Crippen molar-refractivity contribution in [2.45, 2.75) is 25.5 Å². The molecule has 1 N–H and O–H groups in total. The number of benzene rings is 1. The van der Waals surface area contributed by atoms with Gasteiger partial charge in [-0.1, -0.05) is 6.07 Å². The van der Waals surface area contributed by atoms with Crippen molar-refractivity contribution in [2.75, 3.05) is 6.61 Å². The van der Waals surface area contributed by atoms with Crippen molar-refractivity contribution in [3.05, 3.63) is 53.1 Å². The first kappa shape index (κ1) is 17.1. The van der Waals surface area contributed by atoms with Gasteiger partial charge >= 0.3 is 0 Å². The van der Waals surface area contributed by atoms with Gasteiger partial charge in [-0.15, -0.1) is 0 Å². The van der Waals surface area contributed by atoms with E-state index in [0.29, 0.717) is 12.2 Å². The molecule has 2 heterocycles. The van der Waals surface area contributed by atoms with Crippen molar-refractivity contribution >= 4 is 5.91 Å². The van der Waals surface area contributed by atoms with Gasteiger partial charge in [-0.3, -0.25) is 9.48 Å². The van der Waals surface area contributed by atoms with Crippen LogP contribution in [0.4, 0.5) is 4.39 Å². The van der Waals surface area contributed by atoms with Gasteiger partial charge in [-0.25, -0.2) is 4.39 Å². The van der Waals surface area contributed by atoms with Gasteiger partial charge in [-0.05, 0) is 30.5 Å². The van der Waals surface area contributed by atoms with Crippen molar-refractivity contribution in [1.82, 2.24) is 15.1 Å². The molecule has 0 unspecified atom stereocenters. The minimum absolute atomic E-state index is 0.00704. The Morgan fingerprint density at radius 1 is 1.56 bits per heavy atom. The highest BCUT2D eigenvalue weighted by Crippen LogP contribution is 2.33. The summed E-state index contributed by atoms with van der Waals surface area (Å²) in [6, 6.07) is 6.10. The number of nitrogens with zero attached hydrogens (tertiary/aromatic N) is 3. The smallest absolute Gasteiger partial charge is 0.226 e. The number of hydrogen-bond acceptors (Lipinski definition) is 4. The zero-order chi connectivity index (χ0) is 17.8. The maximum absolute atomic E-state index is 13.7. The Morgan fingerprint density at radius 2 is 2.40 bits per heavy atom. The summed E-state index contributed by atoms with van der Waals surface area (Å²) in [5.74, 6) is -1.01. The fourth-order valence-electron chi connectivity index (χ4n) is 3.04. The molecule has 130 valence electrons. The van der Waals surface area contributed by atoms with Crippen LogP contribution in [0.15, 0.2) is 30.6 Å². The molecule has 1 aliphatic heterocycles. The Balaban J connectivity index is 1.67. The zero-order valence-corrected chi connectivity index (χ0v) is 13.9. The van der Waals surface area contributed by atoms with Crippen LogP contribution in [0.1, 0.15) is 35.6 Å². The lowest BCUT2D eigenvalue weighted by Gasteiger charge is -2.30. The Labute approximate surface area is 145 Å². The third-order valence-electron chi connectivity index (χ3n) is 4.33. The van der Waals surface area contributed by atoms with E-state index in [9.17, 15) is 9.18 Å². The average molecular weight is 342 g/mol. The molecule has 0 aliphatic carbocycles. The van der Waals surface area contributed by atoms with Crippen molar-refractivity contribution in [2.24, 2.45) is 13.0 Å². The Kier molecular flexibility index (Phi) is 5.10. The molecule has 25 heavy (non-hydrogen) atoms. The largest absolute Gasteiger partial charge is 0.373 e. The molecule has 0 spiro atoms. The second-order valence-corrected chi connectivity index (χ2v) is 6.13. The number of amides is 1. The molecule has 0 bridgehead atoms. The quantitative estimate of drug-likeness (QED) is 0.924. The normalized spacial score (nSPS) is 20.0. The summed E-state index contributed by atoms with van der Waals surface area (Å²) in [6.45, 7) is 0.821. The minimum atomic E-state index is -0.580. The van der Waals surface area contributed by atoms with Crippen LogP contribution in [0.25, 0.3) is 0 Å². The Bertz CT molecular complexity index is 812. The molecule has 1 saturated heterocycles. The summed E-state index contributed by atoms with van der Waals surface area (Å²) in [5.41, 5.74) is 1.48. The first-order valence-corrected chi connectivity index (χ1v) is 8.15. The van der Waals surface area contributed by atoms with Gasteiger partial charge in [0.25, 0.3) is 0 Å². The Hall–Kier alpha value is -2.72. The van der Waals surface area contributed by atoms with Crippen molar-refractivity contribution in [1.29, 1.82) is 5.26 Å². The lowest BCUT2D eigenvalue weighted by molar-refractivity contribution is -0.134. The van der Waals surface area contributed by atoms with E-state index in [0.717, 1.165) is 18.4 Å². The van der Waals surface area contributed by atoms with E-state index in [-0.39, 0.29) is 30.0 Å². The van der Waals surface area contributed by atoms with Crippen LogP contribution in [0.3, 0.4) is 0 Å². The summed E-state index contributed by atoms with van der Waals surface area (Å²) >= 11 is 0. The maximum Gasteiger partial charge on any atom is 0.226 e. The van der Waals surface area contributed by atoms with E-state index in [1.165, 1.54) is 12.1 Å². The monoisotopic (exact) mass is 342 g/mol. The molecule has 1 aliphatic rings. The fraction of sp³-hybridized carbons (Fsp3) is 0.389. The lowest BCUT2D eigenvalue weighted by Crippen LogP contribution is -2.37. The molecule has 2 atom stereocenters. The number of rotatable bonds is 4. The molecule has 0 radical (unpaired) electrons. The van der Waals surface area contributed by atoms with Gasteiger partial charge in [0.2, 0.25) is 5.91 Å². The highest BCUT2D eigenvalue weighted by molar-refractivity contribution is 5.79. The molecule has 1 aromatic carbocycles. The van der Waals surface area contributed by atoms with Gasteiger partial charge < -0.3 is 10.1 Å². The third kappa shape index (κ3) is 3.86. The number of nitrogens with one attached hydrogen (secondary N) is 1. The van der Waals surface area contributed by atoms with Gasteiger partial charge in [-0.2, -0.15) is 10.4 Å². The Morgan fingerprint density at radius 3 is 3.08 bits per heavy atom. The third-order valence-corrected chi connectivity index (χ3v) is 4.33. The molecule has 1 aromatic heterocycles. The standard InChI is InChI=1S/C18H19FN4O2/c1-23-11-14(10-22-23)17-15(3-2-6-25-17)18(24)21-9-12-4-5-13(8-20)16(19)7-12/h4-5,7,10-11,15,17H,2-3,6,9H2,1H3,(H,21,24)/t15-,17+/m1/s1. The molecule has 0 saturated carbocycles. The molecule has 1 fully saturated rings. The first-order valence-electron chi connectivity index (χ1n) is 8.15. The van der Waals surface area contributed by atoms with Crippen molar-refractivity contribution < 1.29 is 13.9 Å². The van der Waals surface area contributed by atoms with Crippen molar-refractivity contribution in [3.63, 3.8) is 0 Å². The average Bonchev–Trinajstić information content (AvgIpc) is 3.06. The summed E-state index contributed by atoms with van der Waals surface area (Å²) in [6.07, 6.45) is 4.80. The molecular weight excluding hydrogens is 323 g/mol. The summed E-state index contributed by atoms with van der Waals surface area (Å²) in [5, 5.41) is 15.7. The number of aromatic nitrogens is 2. The van der Waals surface area contributed by atoms with E-state index in [4.69, 9.17) is 10.00 Å². The van der Waals surface area contributed by atoms with Crippen LogP contribution in [-0.2, 0) is 23.1 Å². The second-order valence-electron chi connectivity index (χ2n) is 6.13. The van der Waals surface area contributed by atoms with Crippen LogP contribution in [0.5, 0.6) is 0 Å². The van der Waals surface area contributed by atoms with Crippen LogP contribution in [0.2, 0.25) is 0 Å². The zero-order valence-electron chi connectivity index (χ0n) is 13.9. The molecular formula is C18H19FN4O2. The van der Waals surface area contributed by atoms with E-state index in [1.54, 1.807) is 23.0 Å². The maximum atomic E-state index is 13.7. The van der Waals surface area contributed by atoms with Gasteiger partial charge in [0.15, 0.2) is 0 Å². The molecule has 6 nitrogen and oxygen atoms in total. The number of hydrogen-bond donors (Lipinski definition) is 1. The minimum Gasteiger partial charge on any atom is -0.373 e. The highest BCUT2D eigenvalue weighted by Gasteiger charge is 2.33. The SMILES string of the molecule is Cn1cc([C@@H]2OCCC[C@H]2C(=O)NCc2ccc(C#N)c(F)c2)cn1.